The minimum atomic E-state index is 0.817. The Labute approximate surface area is 161 Å². The van der Waals surface area contributed by atoms with E-state index in [1.54, 1.807) is 6.33 Å². The van der Waals surface area contributed by atoms with Crippen LogP contribution in [0.4, 0.5) is 5.82 Å². The zero-order valence-electron chi connectivity index (χ0n) is 15.0. The van der Waals surface area contributed by atoms with E-state index in [0.29, 0.717) is 0 Å². The molecule has 0 radical (unpaired) electrons. The molecule has 6 heteroatoms. The Bertz CT molecular complexity index is 1120. The Kier molecular flexibility index (Phi) is 4.33. The first-order valence-electron chi connectivity index (χ1n) is 9.50. The monoisotopic (exact) mass is 375 g/mol. The summed E-state index contributed by atoms with van der Waals surface area (Å²) in [5, 5.41) is 6.80. The fourth-order valence-electron chi connectivity index (χ4n) is 3.85. The van der Waals surface area contributed by atoms with Crippen molar-refractivity contribution >= 4 is 44.5 Å². The lowest BCUT2D eigenvalue weighted by Crippen LogP contribution is -1.99. The first-order chi connectivity index (χ1) is 13.4. The van der Waals surface area contributed by atoms with Gasteiger partial charge in [-0.1, -0.05) is 18.9 Å². The minimum absolute atomic E-state index is 0.817. The summed E-state index contributed by atoms with van der Waals surface area (Å²) < 4.78 is 0. The number of hydrazone groups is 1. The number of hydrogen-bond donors (Lipinski definition) is 2. The number of nitrogens with one attached hydrogen (secondary N) is 2. The molecule has 0 saturated heterocycles. The number of aryl methyl sites for hydroxylation is 2. The van der Waals surface area contributed by atoms with E-state index in [1.807, 2.05) is 23.7 Å². The molecule has 0 atom stereocenters. The van der Waals surface area contributed by atoms with Gasteiger partial charge in [0.2, 0.25) is 0 Å². The molecule has 3 aromatic heterocycles. The summed E-state index contributed by atoms with van der Waals surface area (Å²) in [7, 11) is 0. The van der Waals surface area contributed by atoms with Crippen LogP contribution in [0.1, 0.15) is 41.7 Å². The maximum Gasteiger partial charge on any atom is 0.158 e. The van der Waals surface area contributed by atoms with Crippen LogP contribution in [0.3, 0.4) is 0 Å². The number of anilines is 1. The van der Waals surface area contributed by atoms with Crippen LogP contribution in [-0.2, 0) is 12.8 Å². The van der Waals surface area contributed by atoms with E-state index in [2.05, 4.69) is 49.7 Å². The number of hydrogen-bond acceptors (Lipinski definition) is 5. The molecule has 5 rings (SSSR count). The van der Waals surface area contributed by atoms with Crippen molar-refractivity contribution in [2.24, 2.45) is 5.10 Å². The van der Waals surface area contributed by atoms with Gasteiger partial charge in [-0.15, -0.1) is 11.3 Å². The van der Waals surface area contributed by atoms with Crippen LogP contribution in [0, 0.1) is 0 Å². The summed E-state index contributed by atoms with van der Waals surface area (Å²) in [6.07, 6.45) is 12.9. The van der Waals surface area contributed by atoms with Crippen molar-refractivity contribution in [3.63, 3.8) is 0 Å². The second-order valence-corrected chi connectivity index (χ2v) is 8.10. The molecular weight excluding hydrogens is 354 g/mol. The molecule has 4 aromatic rings. The minimum Gasteiger partial charge on any atom is -0.361 e. The predicted octanol–water partition coefficient (Wildman–Crippen LogP) is 5.28. The number of aromatic nitrogens is 3. The summed E-state index contributed by atoms with van der Waals surface area (Å²) in [6.45, 7) is 0. The second kappa shape index (κ2) is 7.12. The molecule has 0 unspecified atom stereocenters. The van der Waals surface area contributed by atoms with Gasteiger partial charge >= 0.3 is 0 Å². The molecule has 1 aliphatic rings. The highest BCUT2D eigenvalue weighted by Crippen LogP contribution is 2.37. The largest absolute Gasteiger partial charge is 0.361 e. The first kappa shape index (κ1) is 16.4. The molecule has 2 N–H and O–H groups in total. The van der Waals surface area contributed by atoms with Crippen LogP contribution in [0.15, 0.2) is 41.9 Å². The van der Waals surface area contributed by atoms with E-state index in [-0.39, 0.29) is 0 Å². The Morgan fingerprint density at radius 1 is 1.07 bits per heavy atom. The van der Waals surface area contributed by atoms with E-state index in [1.165, 1.54) is 41.5 Å². The van der Waals surface area contributed by atoms with Gasteiger partial charge < -0.3 is 4.98 Å². The smallest absolute Gasteiger partial charge is 0.158 e. The van der Waals surface area contributed by atoms with Gasteiger partial charge in [0.1, 0.15) is 11.2 Å². The summed E-state index contributed by atoms with van der Waals surface area (Å²) in [5.41, 5.74) is 6.79. The van der Waals surface area contributed by atoms with Gasteiger partial charge in [0.25, 0.3) is 0 Å². The lowest BCUT2D eigenvalue weighted by atomic mass is 9.98. The third-order valence-electron chi connectivity index (χ3n) is 5.21. The summed E-state index contributed by atoms with van der Waals surface area (Å²) >= 11 is 1.82. The lowest BCUT2D eigenvalue weighted by molar-refractivity contribution is 0.624. The van der Waals surface area contributed by atoms with Crippen molar-refractivity contribution in [2.45, 2.75) is 38.5 Å². The number of aromatic amines is 1. The predicted molar refractivity (Wildman–Crippen MR) is 113 cm³/mol. The molecule has 27 heavy (non-hydrogen) atoms. The highest BCUT2D eigenvalue weighted by atomic mass is 32.1. The molecule has 136 valence electrons. The molecule has 0 bridgehead atoms. The fourth-order valence-corrected chi connectivity index (χ4v) is 5.08. The molecule has 3 heterocycles. The topological polar surface area (TPSA) is 66.0 Å². The number of rotatable bonds is 3. The average molecular weight is 376 g/mol. The normalized spacial score (nSPS) is 15.1. The quantitative estimate of drug-likeness (QED) is 0.378. The van der Waals surface area contributed by atoms with E-state index in [0.717, 1.165) is 40.0 Å². The molecule has 0 aliphatic heterocycles. The van der Waals surface area contributed by atoms with Gasteiger partial charge in [-0.25, -0.2) is 9.97 Å². The van der Waals surface area contributed by atoms with Crippen LogP contribution in [0.2, 0.25) is 0 Å². The van der Waals surface area contributed by atoms with Crippen molar-refractivity contribution in [3.05, 3.63) is 52.8 Å². The van der Waals surface area contributed by atoms with Gasteiger partial charge in [-0.3, -0.25) is 5.43 Å². The van der Waals surface area contributed by atoms with Gasteiger partial charge in [-0.2, -0.15) is 5.10 Å². The molecule has 0 spiro atoms. The number of fused-ring (bicyclic) bond motifs is 4. The van der Waals surface area contributed by atoms with Crippen molar-refractivity contribution in [1.82, 2.24) is 15.0 Å². The Morgan fingerprint density at radius 2 is 2.00 bits per heavy atom. The zero-order valence-corrected chi connectivity index (χ0v) is 15.9. The molecule has 5 nitrogen and oxygen atoms in total. The van der Waals surface area contributed by atoms with Crippen LogP contribution < -0.4 is 5.43 Å². The Balaban J connectivity index is 1.45. The van der Waals surface area contributed by atoms with Gasteiger partial charge in [-0.05, 0) is 60.4 Å². The summed E-state index contributed by atoms with van der Waals surface area (Å²) in [6, 6.07) is 8.31. The number of nitrogens with zero attached hydrogens (tertiary/aromatic N) is 3. The SMILES string of the molecule is C(=NNc1ncnc2sc3c(c12)CCCCCC3)c1ccc2[nH]ccc2c1. The van der Waals surface area contributed by atoms with E-state index in [4.69, 9.17) is 0 Å². The molecular formula is C21H21N5S. The average Bonchev–Trinajstić information content (AvgIpc) is 3.26. The maximum atomic E-state index is 4.51. The number of thiophene rings is 1. The molecule has 0 amide bonds. The van der Waals surface area contributed by atoms with Gasteiger partial charge in [0.15, 0.2) is 5.82 Å². The van der Waals surface area contributed by atoms with Crippen LogP contribution in [0.25, 0.3) is 21.1 Å². The van der Waals surface area contributed by atoms with Gasteiger partial charge in [0.05, 0.1) is 11.6 Å². The zero-order chi connectivity index (χ0) is 18.1. The number of benzene rings is 1. The number of H-pyrrole nitrogens is 1. The first-order valence-corrected chi connectivity index (χ1v) is 10.3. The third-order valence-corrected chi connectivity index (χ3v) is 6.41. The highest BCUT2D eigenvalue weighted by molar-refractivity contribution is 7.18. The summed E-state index contributed by atoms with van der Waals surface area (Å²) in [5.74, 6) is 0.817. The lowest BCUT2D eigenvalue weighted by Gasteiger charge is -2.10. The summed E-state index contributed by atoms with van der Waals surface area (Å²) in [4.78, 5) is 14.8. The highest BCUT2D eigenvalue weighted by Gasteiger charge is 2.18. The van der Waals surface area contributed by atoms with E-state index >= 15 is 0 Å². The molecule has 0 fully saturated rings. The maximum absolute atomic E-state index is 4.51. The van der Waals surface area contributed by atoms with Crippen molar-refractivity contribution < 1.29 is 0 Å². The van der Waals surface area contributed by atoms with Crippen molar-refractivity contribution in [3.8, 4) is 0 Å². The third kappa shape index (κ3) is 3.21. The Morgan fingerprint density at radius 3 is 2.96 bits per heavy atom. The van der Waals surface area contributed by atoms with Crippen molar-refractivity contribution in [1.29, 1.82) is 0 Å². The second-order valence-electron chi connectivity index (χ2n) is 7.01. The standard InChI is InChI=1S/C21H21N5S/c1-2-4-6-18-16(5-3-1)19-20(23-13-24-21(19)27-18)26-25-12-14-7-8-17-15(11-14)9-10-22-17/h7-13,22H,1-6H2,(H,23,24,26). The fraction of sp³-hybridized carbons (Fsp3) is 0.286. The van der Waals surface area contributed by atoms with Crippen LogP contribution in [0.5, 0.6) is 0 Å². The molecule has 0 saturated carbocycles. The van der Waals surface area contributed by atoms with Crippen molar-refractivity contribution in [2.75, 3.05) is 5.43 Å². The Hall–Kier alpha value is -2.73. The van der Waals surface area contributed by atoms with Crippen LogP contribution in [-0.4, -0.2) is 21.2 Å². The molecule has 1 aliphatic carbocycles. The van der Waals surface area contributed by atoms with E-state index < -0.39 is 0 Å². The molecule has 1 aromatic carbocycles. The van der Waals surface area contributed by atoms with Crippen LogP contribution >= 0.6 is 11.3 Å². The van der Waals surface area contributed by atoms with Gasteiger partial charge in [0, 0.05) is 16.6 Å². The van der Waals surface area contributed by atoms with E-state index in [9.17, 15) is 0 Å².